The molecule has 0 bridgehead atoms. The smallest absolute Gasteiger partial charge is 0.259 e. The minimum Gasteiger partial charge on any atom is -0.507 e. The summed E-state index contributed by atoms with van der Waals surface area (Å²) in [4.78, 5) is 12.7. The first-order valence-electron chi connectivity index (χ1n) is 8.93. The molecular formula is C24H17NO2. The first-order valence-corrected chi connectivity index (χ1v) is 8.93. The minimum atomic E-state index is -0.311. The van der Waals surface area contributed by atoms with Crippen molar-refractivity contribution in [1.29, 1.82) is 0 Å². The van der Waals surface area contributed by atoms with Gasteiger partial charge in [-0.3, -0.25) is 4.79 Å². The van der Waals surface area contributed by atoms with Crippen molar-refractivity contribution in [3.63, 3.8) is 0 Å². The Morgan fingerprint density at radius 2 is 1.48 bits per heavy atom. The van der Waals surface area contributed by atoms with Crippen molar-refractivity contribution < 1.29 is 9.90 Å². The van der Waals surface area contributed by atoms with Gasteiger partial charge in [0.25, 0.3) is 5.91 Å². The van der Waals surface area contributed by atoms with Crippen LogP contribution in [0.25, 0.3) is 21.9 Å². The van der Waals surface area contributed by atoms with Crippen molar-refractivity contribution in [3.8, 4) is 16.9 Å². The van der Waals surface area contributed by atoms with Crippen molar-refractivity contribution >= 4 is 22.4 Å². The Morgan fingerprint density at radius 1 is 0.778 bits per heavy atom. The van der Waals surface area contributed by atoms with E-state index >= 15 is 0 Å². The highest BCUT2D eigenvalue weighted by atomic mass is 16.3. The third-order valence-electron chi connectivity index (χ3n) is 5.16. The number of anilines is 1. The van der Waals surface area contributed by atoms with Crippen LogP contribution in [0.1, 0.15) is 21.5 Å². The number of fused-ring (bicyclic) bond motifs is 4. The summed E-state index contributed by atoms with van der Waals surface area (Å²) in [7, 11) is 0. The number of carbonyl (C=O) groups excluding carboxylic acids is 1. The van der Waals surface area contributed by atoms with E-state index in [0.717, 1.165) is 22.9 Å². The molecule has 0 fully saturated rings. The summed E-state index contributed by atoms with van der Waals surface area (Å²) in [6.45, 7) is 0. The number of aromatic hydroxyl groups is 1. The summed E-state index contributed by atoms with van der Waals surface area (Å²) in [5.74, 6) is -0.325. The van der Waals surface area contributed by atoms with Gasteiger partial charge in [-0.1, -0.05) is 54.6 Å². The largest absolute Gasteiger partial charge is 0.507 e. The van der Waals surface area contributed by atoms with E-state index in [2.05, 4.69) is 29.6 Å². The SMILES string of the molecule is O=C(Nc1ccc2c(c1)Cc1ccccc1-2)c1cc2ccccc2cc1O. The van der Waals surface area contributed by atoms with Gasteiger partial charge in [0.15, 0.2) is 0 Å². The Labute approximate surface area is 156 Å². The summed E-state index contributed by atoms with van der Waals surface area (Å²) in [5.41, 5.74) is 6.01. The molecule has 4 aromatic rings. The minimum absolute atomic E-state index is 0.0141. The van der Waals surface area contributed by atoms with Crippen LogP contribution in [0.4, 0.5) is 5.69 Å². The second-order valence-corrected chi connectivity index (χ2v) is 6.88. The molecule has 0 saturated carbocycles. The lowest BCUT2D eigenvalue weighted by atomic mass is 10.0. The normalized spacial score (nSPS) is 11.9. The average Bonchev–Trinajstić information content (AvgIpc) is 3.05. The molecule has 3 nitrogen and oxygen atoms in total. The molecule has 0 spiro atoms. The number of nitrogens with one attached hydrogen (secondary N) is 1. The second-order valence-electron chi connectivity index (χ2n) is 6.88. The van der Waals surface area contributed by atoms with E-state index in [0.29, 0.717) is 0 Å². The molecule has 4 aromatic carbocycles. The number of phenols is 1. The van der Waals surface area contributed by atoms with Crippen LogP contribution >= 0.6 is 0 Å². The van der Waals surface area contributed by atoms with E-state index in [1.54, 1.807) is 12.1 Å². The summed E-state index contributed by atoms with van der Waals surface area (Å²) >= 11 is 0. The number of benzene rings is 4. The average molecular weight is 351 g/mol. The van der Waals surface area contributed by atoms with Gasteiger partial charge in [0.2, 0.25) is 0 Å². The van der Waals surface area contributed by atoms with Crippen molar-refractivity contribution in [2.75, 3.05) is 5.32 Å². The monoisotopic (exact) mass is 351 g/mol. The molecule has 0 radical (unpaired) electrons. The third kappa shape index (κ3) is 2.64. The molecule has 1 aliphatic rings. The topological polar surface area (TPSA) is 49.3 Å². The molecule has 3 heteroatoms. The highest BCUT2D eigenvalue weighted by molar-refractivity contribution is 6.08. The fourth-order valence-electron chi connectivity index (χ4n) is 3.83. The van der Waals surface area contributed by atoms with E-state index in [4.69, 9.17) is 0 Å². The fourth-order valence-corrected chi connectivity index (χ4v) is 3.83. The number of phenolic OH excluding ortho intramolecular Hbond substituents is 1. The Morgan fingerprint density at radius 3 is 2.33 bits per heavy atom. The third-order valence-corrected chi connectivity index (χ3v) is 5.16. The number of hydrogen-bond acceptors (Lipinski definition) is 2. The molecule has 1 amide bonds. The van der Waals surface area contributed by atoms with Crippen molar-refractivity contribution in [2.45, 2.75) is 6.42 Å². The van der Waals surface area contributed by atoms with Gasteiger partial charge in [-0.15, -0.1) is 0 Å². The summed E-state index contributed by atoms with van der Waals surface area (Å²) in [6.07, 6.45) is 0.871. The quantitative estimate of drug-likeness (QED) is 0.449. The molecule has 0 atom stereocenters. The molecule has 0 saturated heterocycles. The maximum atomic E-state index is 12.7. The van der Waals surface area contributed by atoms with Crippen LogP contribution in [0.15, 0.2) is 78.9 Å². The highest BCUT2D eigenvalue weighted by Gasteiger charge is 2.19. The maximum absolute atomic E-state index is 12.7. The van der Waals surface area contributed by atoms with E-state index in [-0.39, 0.29) is 17.2 Å². The van der Waals surface area contributed by atoms with Gasteiger partial charge >= 0.3 is 0 Å². The number of carbonyl (C=O) groups is 1. The number of hydrogen-bond donors (Lipinski definition) is 2. The molecule has 2 N–H and O–H groups in total. The Hall–Kier alpha value is -3.59. The maximum Gasteiger partial charge on any atom is 0.259 e. The predicted molar refractivity (Wildman–Crippen MR) is 108 cm³/mol. The molecule has 0 aliphatic heterocycles. The van der Waals surface area contributed by atoms with Crippen LogP contribution < -0.4 is 5.32 Å². The molecule has 0 unspecified atom stereocenters. The molecule has 130 valence electrons. The zero-order chi connectivity index (χ0) is 18.4. The van der Waals surface area contributed by atoms with Crippen molar-refractivity contribution in [1.82, 2.24) is 0 Å². The van der Waals surface area contributed by atoms with E-state index in [1.165, 1.54) is 22.3 Å². The molecule has 1 aliphatic carbocycles. The summed E-state index contributed by atoms with van der Waals surface area (Å²) in [5, 5.41) is 15.0. The number of rotatable bonds is 2. The molecule has 0 aromatic heterocycles. The molecule has 0 heterocycles. The Kier molecular flexibility index (Phi) is 3.47. The summed E-state index contributed by atoms with van der Waals surface area (Å²) in [6, 6.07) is 25.4. The lowest BCUT2D eigenvalue weighted by Crippen LogP contribution is -2.12. The second kappa shape index (κ2) is 5.99. The molecule has 27 heavy (non-hydrogen) atoms. The lowest BCUT2D eigenvalue weighted by molar-refractivity contribution is 0.102. The fraction of sp³-hybridized carbons (Fsp3) is 0.0417. The van der Waals surface area contributed by atoms with Crippen LogP contribution in [-0.2, 0) is 6.42 Å². The van der Waals surface area contributed by atoms with Crippen LogP contribution in [0.5, 0.6) is 5.75 Å². The van der Waals surface area contributed by atoms with Gasteiger partial charge in [0.05, 0.1) is 5.56 Å². The number of amides is 1. The van der Waals surface area contributed by atoms with Crippen molar-refractivity contribution in [2.24, 2.45) is 0 Å². The highest BCUT2D eigenvalue weighted by Crippen LogP contribution is 2.37. The van der Waals surface area contributed by atoms with E-state index < -0.39 is 0 Å². The van der Waals surface area contributed by atoms with Crippen LogP contribution in [0.2, 0.25) is 0 Å². The van der Waals surface area contributed by atoms with Gasteiger partial charge in [-0.25, -0.2) is 0 Å². The van der Waals surface area contributed by atoms with Crippen LogP contribution in [0, 0.1) is 0 Å². The van der Waals surface area contributed by atoms with E-state index in [9.17, 15) is 9.90 Å². The van der Waals surface area contributed by atoms with Gasteiger partial charge in [0, 0.05) is 5.69 Å². The zero-order valence-electron chi connectivity index (χ0n) is 14.6. The standard InChI is InChI=1S/C24H17NO2/c26-23-14-16-6-2-1-5-15(16)13-22(23)24(27)25-19-9-10-21-18(12-19)11-17-7-3-4-8-20(17)21/h1-10,12-14,26H,11H2,(H,25,27). The molecular weight excluding hydrogens is 334 g/mol. The Bertz CT molecular complexity index is 1210. The van der Waals surface area contributed by atoms with Crippen molar-refractivity contribution in [3.05, 3.63) is 95.6 Å². The lowest BCUT2D eigenvalue weighted by Gasteiger charge is -2.10. The van der Waals surface area contributed by atoms with Gasteiger partial charge in [0.1, 0.15) is 5.75 Å². The molecule has 5 rings (SSSR count). The van der Waals surface area contributed by atoms with Gasteiger partial charge < -0.3 is 10.4 Å². The first kappa shape index (κ1) is 15.6. The summed E-state index contributed by atoms with van der Waals surface area (Å²) < 4.78 is 0. The van der Waals surface area contributed by atoms with E-state index in [1.807, 2.05) is 42.5 Å². The van der Waals surface area contributed by atoms with Crippen LogP contribution in [-0.4, -0.2) is 11.0 Å². The zero-order valence-corrected chi connectivity index (χ0v) is 14.6. The predicted octanol–water partition coefficient (Wildman–Crippen LogP) is 5.37. The van der Waals surface area contributed by atoms with Crippen LogP contribution in [0.3, 0.4) is 0 Å². The van der Waals surface area contributed by atoms with Gasteiger partial charge in [-0.05, 0) is 63.7 Å². The first-order chi connectivity index (χ1) is 13.2. The Balaban J connectivity index is 1.45. The van der Waals surface area contributed by atoms with Gasteiger partial charge in [-0.2, -0.15) is 0 Å².